The Bertz CT molecular complexity index is 919. The Balaban J connectivity index is 1.44. The van der Waals surface area contributed by atoms with Crippen molar-refractivity contribution >= 4 is 17.9 Å². The highest BCUT2D eigenvalue weighted by Gasteiger charge is 2.22. The van der Waals surface area contributed by atoms with Crippen LogP contribution in [0.15, 0.2) is 54.6 Å². The van der Waals surface area contributed by atoms with Gasteiger partial charge >= 0.3 is 0 Å². The van der Waals surface area contributed by atoms with Gasteiger partial charge in [-0.05, 0) is 49.1 Å². The van der Waals surface area contributed by atoms with Gasteiger partial charge < -0.3 is 19.3 Å². The van der Waals surface area contributed by atoms with E-state index in [1.807, 2.05) is 48.2 Å². The van der Waals surface area contributed by atoms with Gasteiger partial charge in [-0.15, -0.1) is 0 Å². The third-order valence-electron chi connectivity index (χ3n) is 5.55. The zero-order valence-corrected chi connectivity index (χ0v) is 19.0. The van der Waals surface area contributed by atoms with Gasteiger partial charge in [0.2, 0.25) is 11.8 Å². The van der Waals surface area contributed by atoms with Crippen LogP contribution in [0, 0.1) is 0 Å². The summed E-state index contributed by atoms with van der Waals surface area (Å²) < 4.78 is 10.9. The number of benzene rings is 2. The number of rotatable bonds is 9. The first-order valence-electron chi connectivity index (χ1n) is 11.2. The molecule has 0 aromatic heterocycles. The normalized spacial score (nSPS) is 13.9. The summed E-state index contributed by atoms with van der Waals surface area (Å²) in [6.07, 6.45) is 5.66. The Kier molecular flexibility index (Phi) is 8.72. The first kappa shape index (κ1) is 23.4. The maximum Gasteiger partial charge on any atom is 0.246 e. The second-order valence-corrected chi connectivity index (χ2v) is 7.72. The average molecular weight is 437 g/mol. The minimum absolute atomic E-state index is 0.0463. The fraction of sp³-hybridized carbons (Fsp3) is 0.385. The van der Waals surface area contributed by atoms with Crippen molar-refractivity contribution < 1.29 is 19.1 Å². The van der Waals surface area contributed by atoms with Gasteiger partial charge in [0.25, 0.3) is 0 Å². The summed E-state index contributed by atoms with van der Waals surface area (Å²) in [4.78, 5) is 28.8. The summed E-state index contributed by atoms with van der Waals surface area (Å²) in [7, 11) is 1.60. The molecule has 1 aliphatic rings. The van der Waals surface area contributed by atoms with Crippen molar-refractivity contribution in [2.24, 2.45) is 0 Å². The third kappa shape index (κ3) is 6.61. The van der Waals surface area contributed by atoms with Crippen molar-refractivity contribution in [3.63, 3.8) is 0 Å². The highest BCUT2D eigenvalue weighted by molar-refractivity contribution is 5.92. The zero-order chi connectivity index (χ0) is 22.8. The number of methoxy groups -OCH3 is 1. The van der Waals surface area contributed by atoms with Gasteiger partial charge in [0.05, 0.1) is 13.7 Å². The molecule has 6 nitrogen and oxygen atoms in total. The minimum atomic E-state index is -0.0463. The highest BCUT2D eigenvalue weighted by atomic mass is 16.5. The van der Waals surface area contributed by atoms with Crippen LogP contribution in [0.5, 0.6) is 11.5 Å². The van der Waals surface area contributed by atoms with Gasteiger partial charge in [0.15, 0.2) is 11.5 Å². The van der Waals surface area contributed by atoms with E-state index in [-0.39, 0.29) is 11.8 Å². The van der Waals surface area contributed by atoms with Crippen molar-refractivity contribution in [3.05, 3.63) is 65.7 Å². The molecular weight excluding hydrogens is 404 g/mol. The molecule has 2 aromatic rings. The maximum absolute atomic E-state index is 12.6. The number of aryl methyl sites for hydroxylation is 1. The van der Waals surface area contributed by atoms with Crippen LogP contribution in [0.2, 0.25) is 0 Å². The number of carbonyl (C=O) groups excluding carboxylic acids is 2. The SMILES string of the molecule is CCOc1cc(/C=C/C(=O)N2CCN(C(=O)CCCc3ccccc3)CC2)ccc1OC. The van der Waals surface area contributed by atoms with Gasteiger partial charge in [-0.1, -0.05) is 36.4 Å². The molecule has 0 saturated carbocycles. The second kappa shape index (κ2) is 11.9. The van der Waals surface area contributed by atoms with Crippen molar-refractivity contribution in [2.45, 2.75) is 26.2 Å². The van der Waals surface area contributed by atoms with Crippen LogP contribution >= 0.6 is 0 Å². The Hall–Kier alpha value is -3.28. The number of ether oxygens (including phenoxy) is 2. The summed E-state index contributed by atoms with van der Waals surface area (Å²) in [5, 5.41) is 0. The maximum atomic E-state index is 12.6. The predicted octanol–water partition coefficient (Wildman–Crippen LogP) is 3.80. The van der Waals surface area contributed by atoms with Crippen LogP contribution in [-0.4, -0.2) is 61.5 Å². The molecule has 0 bridgehead atoms. The number of hydrogen-bond donors (Lipinski definition) is 0. The average Bonchev–Trinajstić information content (AvgIpc) is 2.83. The number of nitrogens with zero attached hydrogens (tertiary/aromatic N) is 2. The van der Waals surface area contributed by atoms with Crippen LogP contribution in [0.3, 0.4) is 0 Å². The topological polar surface area (TPSA) is 59.1 Å². The molecule has 0 atom stereocenters. The van der Waals surface area contributed by atoms with Crippen LogP contribution in [-0.2, 0) is 16.0 Å². The van der Waals surface area contributed by atoms with Crippen molar-refractivity contribution in [1.82, 2.24) is 9.80 Å². The van der Waals surface area contributed by atoms with Gasteiger partial charge in [0, 0.05) is 38.7 Å². The Labute approximate surface area is 190 Å². The van der Waals surface area contributed by atoms with E-state index in [2.05, 4.69) is 12.1 Å². The molecule has 3 rings (SSSR count). The molecular formula is C26H32N2O4. The molecule has 1 saturated heterocycles. The lowest BCUT2D eigenvalue weighted by Gasteiger charge is -2.34. The first-order chi connectivity index (χ1) is 15.6. The summed E-state index contributed by atoms with van der Waals surface area (Å²) in [6.45, 7) is 4.74. The fourth-order valence-electron chi connectivity index (χ4n) is 3.76. The van der Waals surface area contributed by atoms with E-state index in [1.54, 1.807) is 24.2 Å². The van der Waals surface area contributed by atoms with E-state index in [0.717, 1.165) is 18.4 Å². The molecule has 0 unspecified atom stereocenters. The largest absolute Gasteiger partial charge is 0.493 e. The third-order valence-corrected chi connectivity index (χ3v) is 5.55. The smallest absolute Gasteiger partial charge is 0.246 e. The number of carbonyl (C=O) groups is 2. The molecule has 0 radical (unpaired) electrons. The standard InChI is InChI=1S/C26H32N2O4/c1-3-32-24-20-22(12-14-23(24)31-2)13-15-26(30)28-18-16-27(17-19-28)25(29)11-7-10-21-8-5-4-6-9-21/h4-6,8-9,12-15,20H,3,7,10-11,16-19H2,1-2H3/b15-13+. The number of piperazine rings is 1. The summed E-state index contributed by atoms with van der Waals surface area (Å²) in [5.41, 5.74) is 2.13. The van der Waals surface area contributed by atoms with E-state index < -0.39 is 0 Å². The zero-order valence-electron chi connectivity index (χ0n) is 19.0. The molecule has 2 amide bonds. The van der Waals surface area contributed by atoms with E-state index in [1.165, 1.54) is 5.56 Å². The van der Waals surface area contributed by atoms with Crippen LogP contribution in [0.25, 0.3) is 6.08 Å². The van der Waals surface area contributed by atoms with E-state index in [4.69, 9.17) is 9.47 Å². The molecule has 6 heteroatoms. The van der Waals surface area contributed by atoms with Gasteiger partial charge in [-0.3, -0.25) is 9.59 Å². The monoisotopic (exact) mass is 436 g/mol. The lowest BCUT2D eigenvalue weighted by atomic mass is 10.1. The fourth-order valence-corrected chi connectivity index (χ4v) is 3.76. The Morgan fingerprint density at radius 3 is 2.38 bits per heavy atom. The molecule has 0 aliphatic carbocycles. The van der Waals surface area contributed by atoms with Crippen molar-refractivity contribution in [2.75, 3.05) is 39.9 Å². The van der Waals surface area contributed by atoms with Crippen molar-refractivity contribution in [1.29, 1.82) is 0 Å². The quantitative estimate of drug-likeness (QED) is 0.561. The molecule has 1 fully saturated rings. The van der Waals surface area contributed by atoms with Gasteiger partial charge in [-0.25, -0.2) is 0 Å². The molecule has 0 spiro atoms. The Morgan fingerprint density at radius 2 is 1.69 bits per heavy atom. The lowest BCUT2D eigenvalue weighted by molar-refractivity contribution is -0.137. The highest BCUT2D eigenvalue weighted by Crippen LogP contribution is 2.28. The van der Waals surface area contributed by atoms with E-state index in [9.17, 15) is 9.59 Å². The van der Waals surface area contributed by atoms with Crippen LogP contribution < -0.4 is 9.47 Å². The predicted molar refractivity (Wildman–Crippen MR) is 126 cm³/mol. The molecule has 1 aliphatic heterocycles. The van der Waals surface area contributed by atoms with Gasteiger partial charge in [-0.2, -0.15) is 0 Å². The first-order valence-corrected chi connectivity index (χ1v) is 11.2. The number of hydrogen-bond acceptors (Lipinski definition) is 4. The molecule has 0 N–H and O–H groups in total. The minimum Gasteiger partial charge on any atom is -0.493 e. The number of amides is 2. The van der Waals surface area contributed by atoms with Gasteiger partial charge in [0.1, 0.15) is 0 Å². The molecule has 1 heterocycles. The molecule has 170 valence electrons. The molecule has 32 heavy (non-hydrogen) atoms. The van der Waals surface area contributed by atoms with E-state index >= 15 is 0 Å². The summed E-state index contributed by atoms with van der Waals surface area (Å²) >= 11 is 0. The van der Waals surface area contributed by atoms with E-state index in [0.29, 0.717) is 50.7 Å². The lowest BCUT2D eigenvalue weighted by Crippen LogP contribution is -2.50. The Morgan fingerprint density at radius 1 is 0.969 bits per heavy atom. The van der Waals surface area contributed by atoms with Crippen molar-refractivity contribution in [3.8, 4) is 11.5 Å². The summed E-state index contributed by atoms with van der Waals surface area (Å²) in [5.74, 6) is 1.45. The molecule has 2 aromatic carbocycles. The van der Waals surface area contributed by atoms with Crippen LogP contribution in [0.1, 0.15) is 30.9 Å². The summed E-state index contributed by atoms with van der Waals surface area (Å²) in [6, 6.07) is 15.8. The van der Waals surface area contributed by atoms with Crippen LogP contribution in [0.4, 0.5) is 0 Å². The second-order valence-electron chi connectivity index (χ2n) is 7.72.